The molecule has 3 rings (SSSR count). The minimum atomic E-state index is -0.523. The summed E-state index contributed by atoms with van der Waals surface area (Å²) in [5, 5.41) is 17.5. The zero-order chi connectivity index (χ0) is 24.2. The fraction of sp³-hybridized carbons (Fsp3) is 0.154. The summed E-state index contributed by atoms with van der Waals surface area (Å²) < 4.78 is 21.0. The van der Waals surface area contributed by atoms with Gasteiger partial charge >= 0.3 is 11.9 Å². The summed E-state index contributed by atoms with van der Waals surface area (Å²) in [5.41, 5.74) is 2.55. The van der Waals surface area contributed by atoms with Gasteiger partial charge in [-0.05, 0) is 59.7 Å². The molecule has 0 saturated heterocycles. The van der Waals surface area contributed by atoms with Crippen molar-refractivity contribution < 1.29 is 28.5 Å². The molecule has 0 aliphatic heterocycles. The van der Waals surface area contributed by atoms with Gasteiger partial charge in [-0.15, -0.1) is 0 Å². The lowest BCUT2D eigenvalue weighted by atomic mass is 10.1. The van der Waals surface area contributed by atoms with Crippen molar-refractivity contribution in [3.05, 3.63) is 95.1 Å². The van der Waals surface area contributed by atoms with E-state index in [4.69, 9.17) is 29.5 Å². The Morgan fingerprint density at radius 3 is 1.26 bits per heavy atom. The molecule has 0 aliphatic rings. The van der Waals surface area contributed by atoms with Crippen LogP contribution in [0.4, 0.5) is 0 Å². The maximum absolute atomic E-state index is 11.9. The van der Waals surface area contributed by atoms with E-state index in [0.29, 0.717) is 22.6 Å². The number of esters is 2. The standard InChI is InChI=1S/C26H20N2O6/c27-13-19-5-9-23(10-6-19)31-17-25(29)33-15-21-1-2-22(4-3-21)16-34-26(30)18-32-24-11-7-20(14-28)8-12-24/h1-12H,15-18H2. The second-order valence-electron chi connectivity index (χ2n) is 6.99. The zero-order valence-electron chi connectivity index (χ0n) is 18.1. The van der Waals surface area contributed by atoms with Crippen LogP contribution >= 0.6 is 0 Å². The third-order valence-electron chi connectivity index (χ3n) is 4.50. The molecule has 3 aromatic carbocycles. The predicted octanol–water partition coefficient (Wildman–Crippen LogP) is 3.67. The molecule has 0 amide bonds. The summed E-state index contributed by atoms with van der Waals surface area (Å²) in [5.74, 6) is -0.108. The van der Waals surface area contributed by atoms with Gasteiger partial charge in [0.1, 0.15) is 24.7 Å². The summed E-state index contributed by atoms with van der Waals surface area (Å²) in [7, 11) is 0. The molecule has 0 radical (unpaired) electrons. The Hall–Kier alpha value is -4.82. The minimum Gasteiger partial charge on any atom is -0.482 e. The first kappa shape index (κ1) is 23.8. The largest absolute Gasteiger partial charge is 0.482 e. The van der Waals surface area contributed by atoms with E-state index in [-0.39, 0.29) is 26.4 Å². The fourth-order valence-electron chi connectivity index (χ4n) is 2.68. The van der Waals surface area contributed by atoms with Crippen molar-refractivity contribution in [1.29, 1.82) is 10.5 Å². The first-order valence-corrected chi connectivity index (χ1v) is 10.2. The SMILES string of the molecule is N#Cc1ccc(OCC(=O)OCc2ccc(COC(=O)COc3ccc(C#N)cc3)cc2)cc1. The van der Waals surface area contributed by atoms with Gasteiger partial charge in [0.25, 0.3) is 0 Å². The van der Waals surface area contributed by atoms with Crippen molar-refractivity contribution >= 4 is 11.9 Å². The number of hydrogen-bond acceptors (Lipinski definition) is 8. The average molecular weight is 456 g/mol. The van der Waals surface area contributed by atoms with Gasteiger partial charge in [0.2, 0.25) is 0 Å². The van der Waals surface area contributed by atoms with Crippen molar-refractivity contribution in [2.45, 2.75) is 13.2 Å². The Morgan fingerprint density at radius 1 is 0.588 bits per heavy atom. The lowest BCUT2D eigenvalue weighted by Gasteiger charge is -2.09. The maximum Gasteiger partial charge on any atom is 0.344 e. The molecular weight excluding hydrogens is 436 g/mol. The first-order valence-electron chi connectivity index (χ1n) is 10.2. The number of rotatable bonds is 10. The number of hydrogen-bond donors (Lipinski definition) is 0. The van der Waals surface area contributed by atoms with Crippen LogP contribution in [0.15, 0.2) is 72.8 Å². The molecule has 0 aromatic heterocycles. The lowest BCUT2D eigenvalue weighted by molar-refractivity contribution is -0.148. The molecule has 0 fully saturated rings. The van der Waals surface area contributed by atoms with Crippen LogP contribution in [0.2, 0.25) is 0 Å². The molecule has 170 valence electrons. The van der Waals surface area contributed by atoms with E-state index < -0.39 is 11.9 Å². The number of nitriles is 2. The van der Waals surface area contributed by atoms with Gasteiger partial charge in [-0.25, -0.2) is 9.59 Å². The van der Waals surface area contributed by atoms with Gasteiger partial charge in [0, 0.05) is 0 Å². The minimum absolute atomic E-state index is 0.0774. The highest BCUT2D eigenvalue weighted by atomic mass is 16.6. The van der Waals surface area contributed by atoms with Crippen molar-refractivity contribution in [3.8, 4) is 23.6 Å². The van der Waals surface area contributed by atoms with Crippen LogP contribution in [0.5, 0.6) is 11.5 Å². The molecule has 0 heterocycles. The van der Waals surface area contributed by atoms with Crippen LogP contribution in [-0.2, 0) is 32.3 Å². The second kappa shape index (κ2) is 12.3. The Kier molecular flexibility index (Phi) is 8.61. The molecule has 34 heavy (non-hydrogen) atoms. The van der Waals surface area contributed by atoms with Gasteiger partial charge in [0.15, 0.2) is 13.2 Å². The van der Waals surface area contributed by atoms with Crippen LogP contribution in [-0.4, -0.2) is 25.2 Å². The highest BCUT2D eigenvalue weighted by molar-refractivity contribution is 5.71. The van der Waals surface area contributed by atoms with E-state index in [0.717, 1.165) is 11.1 Å². The highest BCUT2D eigenvalue weighted by Crippen LogP contribution is 2.13. The first-order chi connectivity index (χ1) is 16.6. The van der Waals surface area contributed by atoms with Crippen LogP contribution in [0.25, 0.3) is 0 Å². The third-order valence-corrected chi connectivity index (χ3v) is 4.50. The van der Waals surface area contributed by atoms with Crippen molar-refractivity contribution in [2.75, 3.05) is 13.2 Å². The van der Waals surface area contributed by atoms with Gasteiger partial charge in [0.05, 0.1) is 23.3 Å². The topological polar surface area (TPSA) is 119 Å². The third kappa shape index (κ3) is 7.70. The molecule has 0 bridgehead atoms. The molecule has 0 aliphatic carbocycles. The Labute approximate surface area is 196 Å². The van der Waals surface area contributed by atoms with E-state index in [1.54, 1.807) is 72.8 Å². The summed E-state index contributed by atoms with van der Waals surface area (Å²) in [6, 6.07) is 23.9. The predicted molar refractivity (Wildman–Crippen MR) is 119 cm³/mol. The Balaban J connectivity index is 1.34. The zero-order valence-corrected chi connectivity index (χ0v) is 18.1. The maximum atomic E-state index is 11.9. The molecule has 0 unspecified atom stereocenters. The fourth-order valence-corrected chi connectivity index (χ4v) is 2.68. The smallest absolute Gasteiger partial charge is 0.344 e. The number of carbonyl (C=O) groups is 2. The Morgan fingerprint density at radius 2 is 0.941 bits per heavy atom. The average Bonchev–Trinajstić information content (AvgIpc) is 2.89. The number of benzene rings is 3. The monoisotopic (exact) mass is 456 g/mol. The summed E-state index contributed by atoms with van der Waals surface area (Å²) in [4.78, 5) is 23.7. The van der Waals surface area contributed by atoms with E-state index >= 15 is 0 Å². The van der Waals surface area contributed by atoms with Crippen molar-refractivity contribution in [3.63, 3.8) is 0 Å². The van der Waals surface area contributed by atoms with Gasteiger partial charge in [-0.1, -0.05) is 24.3 Å². The molecule has 3 aromatic rings. The molecule has 0 spiro atoms. The van der Waals surface area contributed by atoms with Crippen LogP contribution in [0.1, 0.15) is 22.3 Å². The van der Waals surface area contributed by atoms with Gasteiger partial charge < -0.3 is 18.9 Å². The lowest BCUT2D eigenvalue weighted by Crippen LogP contribution is -2.15. The van der Waals surface area contributed by atoms with Gasteiger partial charge in [-0.3, -0.25) is 0 Å². The van der Waals surface area contributed by atoms with Crippen molar-refractivity contribution in [1.82, 2.24) is 0 Å². The summed E-state index contributed by atoms with van der Waals surface area (Å²) in [6.07, 6.45) is 0. The molecule has 8 nitrogen and oxygen atoms in total. The number of ether oxygens (including phenoxy) is 4. The summed E-state index contributed by atoms with van der Waals surface area (Å²) in [6.45, 7) is -0.336. The molecular formula is C26H20N2O6. The second-order valence-corrected chi connectivity index (χ2v) is 6.99. The molecule has 8 heteroatoms. The van der Waals surface area contributed by atoms with E-state index in [1.165, 1.54) is 0 Å². The van der Waals surface area contributed by atoms with E-state index in [2.05, 4.69) is 0 Å². The van der Waals surface area contributed by atoms with Crippen LogP contribution in [0, 0.1) is 22.7 Å². The summed E-state index contributed by atoms with van der Waals surface area (Å²) >= 11 is 0. The quantitative estimate of drug-likeness (QED) is 0.424. The number of nitrogens with zero attached hydrogens (tertiary/aromatic N) is 2. The Bertz CT molecular complexity index is 1090. The van der Waals surface area contributed by atoms with E-state index in [9.17, 15) is 9.59 Å². The molecule has 0 saturated carbocycles. The van der Waals surface area contributed by atoms with E-state index in [1.807, 2.05) is 12.1 Å². The molecule has 0 N–H and O–H groups in total. The van der Waals surface area contributed by atoms with Crippen LogP contribution < -0.4 is 9.47 Å². The van der Waals surface area contributed by atoms with Gasteiger partial charge in [-0.2, -0.15) is 10.5 Å². The molecule has 0 atom stereocenters. The van der Waals surface area contributed by atoms with Crippen molar-refractivity contribution in [2.24, 2.45) is 0 Å². The number of carbonyl (C=O) groups excluding carboxylic acids is 2. The highest BCUT2D eigenvalue weighted by Gasteiger charge is 2.07. The normalized spacial score (nSPS) is 9.82. The van der Waals surface area contributed by atoms with Crippen LogP contribution in [0.3, 0.4) is 0 Å².